The largest absolute Gasteiger partial charge is 0.500 e. The molecule has 0 saturated heterocycles. The Morgan fingerprint density at radius 2 is 1.35 bits per heavy atom. The van der Waals surface area contributed by atoms with Crippen molar-refractivity contribution in [3.05, 3.63) is 95.0 Å². The van der Waals surface area contributed by atoms with Gasteiger partial charge in [-0.05, 0) is 6.42 Å². The van der Waals surface area contributed by atoms with Gasteiger partial charge in [-0.25, -0.2) is 0 Å². The van der Waals surface area contributed by atoms with Crippen molar-refractivity contribution in [3.63, 3.8) is 0 Å². The molecule has 0 aliphatic heterocycles. The van der Waals surface area contributed by atoms with Gasteiger partial charge in [-0.2, -0.15) is 90.3 Å². The number of benzene rings is 2. The van der Waals surface area contributed by atoms with Gasteiger partial charge in [-0.15, -0.1) is 0 Å². The SMILES string of the molecule is Clc1c[c-]ccc1.Clc1c[c-]ccc1.[C-]1=CCCC=CCC1.[Pt]. The Kier molecular flexibility index (Phi) is 15.5. The van der Waals surface area contributed by atoms with Gasteiger partial charge in [0.15, 0.2) is 0 Å². The van der Waals surface area contributed by atoms with Gasteiger partial charge in [0.1, 0.15) is 0 Å². The molecule has 3 rings (SSSR count). The van der Waals surface area contributed by atoms with Crippen LogP contribution in [0.3, 0.4) is 0 Å². The number of halogens is 2. The van der Waals surface area contributed by atoms with Crippen LogP contribution in [-0.4, -0.2) is 0 Å². The van der Waals surface area contributed by atoms with E-state index >= 15 is 0 Å². The summed E-state index contributed by atoms with van der Waals surface area (Å²) in [5, 5.41) is 1.48. The fraction of sp³-hybridized carbons (Fsp3) is 0.200. The van der Waals surface area contributed by atoms with Crippen molar-refractivity contribution in [2.45, 2.75) is 25.7 Å². The molecule has 2 aromatic rings. The maximum atomic E-state index is 5.51. The zero-order valence-corrected chi connectivity index (χ0v) is 16.5. The van der Waals surface area contributed by atoms with Crippen LogP contribution >= 0.6 is 23.2 Å². The van der Waals surface area contributed by atoms with Gasteiger partial charge in [0.2, 0.25) is 0 Å². The molecule has 0 heterocycles. The van der Waals surface area contributed by atoms with Crippen LogP contribution in [0, 0.1) is 18.2 Å². The van der Waals surface area contributed by atoms with Crippen LogP contribution in [-0.2, 0) is 21.1 Å². The minimum absolute atomic E-state index is 0. The summed E-state index contributed by atoms with van der Waals surface area (Å²) in [5.41, 5.74) is 0. The van der Waals surface area contributed by atoms with Crippen LogP contribution in [0.25, 0.3) is 0 Å². The van der Waals surface area contributed by atoms with Gasteiger partial charge in [0.05, 0.1) is 0 Å². The van der Waals surface area contributed by atoms with E-state index in [-0.39, 0.29) is 21.1 Å². The topological polar surface area (TPSA) is 0 Å². The minimum Gasteiger partial charge on any atom is -0.500 e. The molecule has 1 aliphatic carbocycles. The summed E-state index contributed by atoms with van der Waals surface area (Å²) in [4.78, 5) is 0. The molecule has 126 valence electrons. The second-order valence-electron chi connectivity index (χ2n) is 4.44. The van der Waals surface area contributed by atoms with Crippen molar-refractivity contribution in [2.75, 3.05) is 0 Å². The molecule has 0 atom stereocenters. The Morgan fingerprint density at radius 1 is 0.783 bits per heavy atom. The Balaban J connectivity index is 0.000000310. The number of allylic oxidation sites excluding steroid dienone is 4. The fourth-order valence-corrected chi connectivity index (χ4v) is 1.80. The molecule has 2 aromatic carbocycles. The summed E-state index contributed by atoms with van der Waals surface area (Å²) in [6.45, 7) is 0. The number of hydrogen-bond donors (Lipinski definition) is 0. The van der Waals surface area contributed by atoms with Crippen LogP contribution in [0.15, 0.2) is 66.8 Å². The summed E-state index contributed by atoms with van der Waals surface area (Å²) in [6, 6.07) is 20.1. The predicted octanol–water partition coefficient (Wildman–Crippen LogP) is 6.75. The van der Waals surface area contributed by atoms with Crippen molar-refractivity contribution in [1.29, 1.82) is 0 Å². The maximum absolute atomic E-state index is 5.51. The molecule has 1 aliphatic rings. The molecule has 3 heteroatoms. The third-order valence-corrected chi connectivity index (χ3v) is 3.05. The van der Waals surface area contributed by atoms with Crippen molar-refractivity contribution in [1.82, 2.24) is 0 Å². The van der Waals surface area contributed by atoms with E-state index in [1.807, 2.05) is 36.4 Å². The maximum Gasteiger partial charge on any atom is 0 e. The molecule has 23 heavy (non-hydrogen) atoms. The molecule has 0 radical (unpaired) electrons. The zero-order valence-electron chi connectivity index (χ0n) is 12.8. The zero-order chi connectivity index (χ0) is 15.9. The van der Waals surface area contributed by atoms with Gasteiger partial charge in [-0.3, -0.25) is 6.08 Å². The Hall–Kier alpha value is -0.812. The Labute approximate surface area is 164 Å². The van der Waals surface area contributed by atoms with Crippen molar-refractivity contribution in [3.8, 4) is 0 Å². The quantitative estimate of drug-likeness (QED) is 0.264. The van der Waals surface area contributed by atoms with Crippen molar-refractivity contribution >= 4 is 23.2 Å². The first-order valence-corrected chi connectivity index (χ1v) is 7.98. The van der Waals surface area contributed by atoms with E-state index in [9.17, 15) is 0 Å². The van der Waals surface area contributed by atoms with E-state index in [4.69, 9.17) is 23.2 Å². The molecule has 0 amide bonds. The summed E-state index contributed by atoms with van der Waals surface area (Å²) >= 11 is 11.0. The fourth-order valence-electron chi connectivity index (χ4n) is 1.53. The molecule has 0 saturated carbocycles. The first-order chi connectivity index (χ1) is 10.8. The van der Waals surface area contributed by atoms with Crippen LogP contribution < -0.4 is 0 Å². The Bertz CT molecular complexity index is 473. The van der Waals surface area contributed by atoms with Crippen LogP contribution in [0.5, 0.6) is 0 Å². The van der Waals surface area contributed by atoms with E-state index < -0.39 is 0 Å². The predicted molar refractivity (Wildman–Crippen MR) is 96.0 cm³/mol. The summed E-state index contributed by atoms with van der Waals surface area (Å²) in [7, 11) is 0. The monoisotopic (exact) mass is 524 g/mol. The first-order valence-electron chi connectivity index (χ1n) is 7.22. The molecule has 0 N–H and O–H groups in total. The third-order valence-electron chi connectivity index (χ3n) is 2.58. The van der Waals surface area contributed by atoms with E-state index in [0.717, 1.165) is 16.5 Å². The van der Waals surface area contributed by atoms with Crippen LogP contribution in [0.2, 0.25) is 10.0 Å². The van der Waals surface area contributed by atoms with Crippen molar-refractivity contribution < 1.29 is 21.1 Å². The number of hydrogen-bond acceptors (Lipinski definition) is 0. The molecule has 0 unspecified atom stereocenters. The minimum atomic E-state index is 0. The van der Waals surface area contributed by atoms with Gasteiger partial charge in [0.25, 0.3) is 0 Å². The van der Waals surface area contributed by atoms with Gasteiger partial charge >= 0.3 is 0 Å². The molecular formula is C20H19Cl2Pt-3. The van der Waals surface area contributed by atoms with Gasteiger partial charge in [-0.1, -0.05) is 35.0 Å². The third kappa shape index (κ3) is 14.5. The molecule has 0 bridgehead atoms. The summed E-state index contributed by atoms with van der Waals surface area (Å²) in [5.74, 6) is 0. The van der Waals surface area contributed by atoms with E-state index in [0.29, 0.717) is 0 Å². The normalized spacial score (nSPS) is 12.3. The summed E-state index contributed by atoms with van der Waals surface area (Å²) < 4.78 is 0. The molecule has 0 nitrogen and oxygen atoms in total. The van der Waals surface area contributed by atoms with Crippen LogP contribution in [0.4, 0.5) is 0 Å². The smallest absolute Gasteiger partial charge is 0 e. The van der Waals surface area contributed by atoms with Crippen LogP contribution in [0.1, 0.15) is 25.7 Å². The standard InChI is InChI=1S/C8H11.2C6H4Cl.Pt/c1-2-4-6-8-7-5-3-1;2*7-6-4-2-1-3-5-6;/h1-2,7H,3-6H2;2*1-2,4-5H;/q3*-1;. The second-order valence-corrected chi connectivity index (χ2v) is 5.31. The summed E-state index contributed by atoms with van der Waals surface area (Å²) in [6.07, 6.45) is 14.5. The molecular weight excluding hydrogens is 506 g/mol. The number of rotatable bonds is 0. The first kappa shape index (κ1) is 22.2. The average Bonchev–Trinajstić information content (AvgIpc) is 2.49. The Morgan fingerprint density at radius 3 is 1.78 bits per heavy atom. The average molecular weight is 525 g/mol. The molecule has 0 spiro atoms. The molecule has 0 fully saturated rings. The van der Waals surface area contributed by atoms with Crippen molar-refractivity contribution in [2.24, 2.45) is 0 Å². The van der Waals surface area contributed by atoms with E-state index in [2.05, 4.69) is 36.4 Å². The van der Waals surface area contributed by atoms with E-state index in [1.165, 1.54) is 19.3 Å². The molecule has 0 aromatic heterocycles. The van der Waals surface area contributed by atoms with E-state index in [1.54, 1.807) is 12.1 Å². The van der Waals surface area contributed by atoms with Gasteiger partial charge in [0, 0.05) is 21.1 Å². The van der Waals surface area contributed by atoms with Gasteiger partial charge < -0.3 is 6.08 Å². The second kappa shape index (κ2) is 16.1.